The summed E-state index contributed by atoms with van der Waals surface area (Å²) in [4.78, 5) is 18.6. The Morgan fingerprint density at radius 2 is 2.31 bits per heavy atom. The molecular formula is C10H10N4O2. The van der Waals surface area contributed by atoms with Gasteiger partial charge in [-0.15, -0.1) is 5.10 Å². The molecule has 0 radical (unpaired) electrons. The lowest BCUT2D eigenvalue weighted by atomic mass is 10.1. The van der Waals surface area contributed by atoms with Crippen LogP contribution in [0.3, 0.4) is 0 Å². The Morgan fingerprint density at radius 1 is 1.56 bits per heavy atom. The van der Waals surface area contributed by atoms with E-state index in [-0.39, 0.29) is 11.2 Å². The van der Waals surface area contributed by atoms with Gasteiger partial charge in [0.1, 0.15) is 0 Å². The highest BCUT2D eigenvalue weighted by Crippen LogP contribution is 2.47. The summed E-state index contributed by atoms with van der Waals surface area (Å²) in [6, 6.07) is 1.88. The molecule has 0 bridgehead atoms. The maximum absolute atomic E-state index is 10.8. The van der Waals surface area contributed by atoms with Crippen LogP contribution >= 0.6 is 0 Å². The number of hydrogen-bond donors (Lipinski definition) is 1. The minimum Gasteiger partial charge on any atom is -0.475 e. The number of hydrogen-bond acceptors (Lipinski definition) is 4. The average molecular weight is 218 g/mol. The van der Waals surface area contributed by atoms with Gasteiger partial charge in [-0.1, -0.05) is 6.92 Å². The molecule has 0 aliphatic heterocycles. The molecule has 0 saturated heterocycles. The van der Waals surface area contributed by atoms with Gasteiger partial charge in [0, 0.05) is 11.6 Å². The number of rotatable bonds is 2. The lowest BCUT2D eigenvalue weighted by Gasteiger charge is -2.08. The van der Waals surface area contributed by atoms with E-state index >= 15 is 0 Å². The van der Waals surface area contributed by atoms with Crippen LogP contribution in [0.15, 0.2) is 12.3 Å². The third-order valence-corrected chi connectivity index (χ3v) is 3.05. The van der Waals surface area contributed by atoms with Crippen LogP contribution in [0.25, 0.3) is 5.78 Å². The van der Waals surface area contributed by atoms with Crippen molar-refractivity contribution in [1.82, 2.24) is 19.6 Å². The fraction of sp³-hybridized carbons (Fsp3) is 0.400. The van der Waals surface area contributed by atoms with Crippen LogP contribution < -0.4 is 0 Å². The van der Waals surface area contributed by atoms with Crippen molar-refractivity contribution in [3.8, 4) is 0 Å². The molecule has 16 heavy (non-hydrogen) atoms. The Morgan fingerprint density at radius 3 is 2.94 bits per heavy atom. The molecule has 2 aromatic rings. The zero-order valence-electron chi connectivity index (χ0n) is 8.71. The van der Waals surface area contributed by atoms with Gasteiger partial charge >= 0.3 is 5.97 Å². The highest BCUT2D eigenvalue weighted by atomic mass is 16.4. The Kier molecular flexibility index (Phi) is 1.61. The Hall–Kier alpha value is -1.98. The third kappa shape index (κ3) is 1.19. The molecular weight excluding hydrogens is 208 g/mol. The number of aromatic nitrogens is 4. The molecule has 1 fully saturated rings. The van der Waals surface area contributed by atoms with E-state index in [0.29, 0.717) is 5.78 Å². The van der Waals surface area contributed by atoms with Gasteiger partial charge in [-0.05, 0) is 18.9 Å². The largest absolute Gasteiger partial charge is 0.475 e. The van der Waals surface area contributed by atoms with E-state index in [1.54, 1.807) is 6.20 Å². The van der Waals surface area contributed by atoms with Crippen molar-refractivity contribution in [3.63, 3.8) is 0 Å². The SMILES string of the molecule is CC1(c2ccnc3nc(C(=O)O)nn23)CC1. The number of nitrogens with zero attached hydrogens (tertiary/aromatic N) is 4. The minimum atomic E-state index is -1.13. The summed E-state index contributed by atoms with van der Waals surface area (Å²) < 4.78 is 1.54. The molecule has 82 valence electrons. The zero-order valence-corrected chi connectivity index (χ0v) is 8.71. The topological polar surface area (TPSA) is 80.4 Å². The third-order valence-electron chi connectivity index (χ3n) is 3.05. The summed E-state index contributed by atoms with van der Waals surface area (Å²) in [5.41, 5.74) is 1.09. The number of carbonyl (C=O) groups is 1. The van der Waals surface area contributed by atoms with Gasteiger partial charge < -0.3 is 5.11 Å². The van der Waals surface area contributed by atoms with Crippen molar-refractivity contribution in [2.24, 2.45) is 0 Å². The smallest absolute Gasteiger partial charge is 0.375 e. The monoisotopic (exact) mass is 218 g/mol. The van der Waals surface area contributed by atoms with Crippen molar-refractivity contribution in [2.45, 2.75) is 25.2 Å². The maximum Gasteiger partial charge on any atom is 0.375 e. The molecule has 0 amide bonds. The summed E-state index contributed by atoms with van der Waals surface area (Å²) in [5, 5.41) is 12.8. The lowest BCUT2D eigenvalue weighted by Crippen LogP contribution is -2.09. The second kappa shape index (κ2) is 2.78. The molecule has 2 heterocycles. The summed E-state index contributed by atoms with van der Waals surface area (Å²) in [6.07, 6.45) is 3.83. The highest BCUT2D eigenvalue weighted by Gasteiger charge is 2.41. The van der Waals surface area contributed by atoms with Crippen LogP contribution in [0.4, 0.5) is 0 Å². The first-order valence-corrected chi connectivity index (χ1v) is 5.06. The first kappa shape index (κ1) is 9.26. The first-order valence-electron chi connectivity index (χ1n) is 5.06. The molecule has 6 heteroatoms. The van der Waals surface area contributed by atoms with Gasteiger partial charge in [0.15, 0.2) is 0 Å². The van der Waals surface area contributed by atoms with E-state index in [1.807, 2.05) is 6.07 Å². The summed E-state index contributed by atoms with van der Waals surface area (Å²) in [6.45, 7) is 2.13. The van der Waals surface area contributed by atoms with Gasteiger partial charge in [-0.25, -0.2) is 9.78 Å². The molecule has 1 aliphatic carbocycles. The summed E-state index contributed by atoms with van der Waals surface area (Å²) in [7, 11) is 0. The minimum absolute atomic E-state index is 0.102. The van der Waals surface area contributed by atoms with Crippen LogP contribution in [-0.4, -0.2) is 30.7 Å². The summed E-state index contributed by atoms with van der Waals surface area (Å²) >= 11 is 0. The molecule has 0 spiro atoms. The van der Waals surface area contributed by atoms with E-state index in [9.17, 15) is 4.79 Å². The van der Waals surface area contributed by atoms with Gasteiger partial charge in [-0.3, -0.25) is 0 Å². The Labute approximate surface area is 91.0 Å². The molecule has 3 rings (SSSR count). The predicted octanol–water partition coefficient (Wildman–Crippen LogP) is 0.874. The van der Waals surface area contributed by atoms with Crippen LogP contribution in [0, 0.1) is 0 Å². The predicted molar refractivity (Wildman–Crippen MR) is 54.3 cm³/mol. The highest BCUT2D eigenvalue weighted by molar-refractivity contribution is 5.83. The van der Waals surface area contributed by atoms with E-state index in [1.165, 1.54) is 4.52 Å². The second-order valence-corrected chi connectivity index (χ2v) is 4.34. The molecule has 0 unspecified atom stereocenters. The zero-order chi connectivity index (χ0) is 11.3. The van der Waals surface area contributed by atoms with Crippen molar-refractivity contribution in [2.75, 3.05) is 0 Å². The maximum atomic E-state index is 10.8. The van der Waals surface area contributed by atoms with Crippen molar-refractivity contribution >= 4 is 11.7 Å². The van der Waals surface area contributed by atoms with E-state index in [0.717, 1.165) is 18.5 Å². The average Bonchev–Trinajstić information content (AvgIpc) is 2.84. The van der Waals surface area contributed by atoms with Gasteiger partial charge in [-0.2, -0.15) is 9.50 Å². The fourth-order valence-corrected chi connectivity index (χ4v) is 1.79. The van der Waals surface area contributed by atoms with Gasteiger partial charge in [0.05, 0.1) is 5.69 Å². The van der Waals surface area contributed by atoms with Gasteiger partial charge in [0.25, 0.3) is 11.6 Å². The molecule has 0 aromatic carbocycles. The second-order valence-electron chi connectivity index (χ2n) is 4.34. The number of aromatic carboxylic acids is 1. The van der Waals surface area contributed by atoms with Crippen LogP contribution in [0.2, 0.25) is 0 Å². The van der Waals surface area contributed by atoms with Crippen molar-refractivity contribution in [1.29, 1.82) is 0 Å². The van der Waals surface area contributed by atoms with Crippen LogP contribution in [-0.2, 0) is 5.41 Å². The number of carboxylic acid groups (broad SMARTS) is 1. The van der Waals surface area contributed by atoms with Gasteiger partial charge in [0.2, 0.25) is 0 Å². The normalized spacial score (nSPS) is 17.6. The quantitative estimate of drug-likeness (QED) is 0.809. The van der Waals surface area contributed by atoms with Crippen molar-refractivity contribution < 1.29 is 9.90 Å². The molecule has 0 atom stereocenters. The molecule has 1 saturated carbocycles. The molecule has 1 aliphatic rings. The standard InChI is InChI=1S/C10H10N4O2/c1-10(3-4-10)6-2-5-11-9-12-7(8(15)16)13-14(6)9/h2,5H,3-4H2,1H3,(H,15,16). The lowest BCUT2D eigenvalue weighted by molar-refractivity contribution is 0.0684. The molecule has 2 aromatic heterocycles. The number of fused-ring (bicyclic) bond motifs is 1. The molecule has 1 N–H and O–H groups in total. The summed E-state index contributed by atoms with van der Waals surface area (Å²) in [5.74, 6) is -0.982. The van der Waals surface area contributed by atoms with Crippen LogP contribution in [0.1, 0.15) is 36.1 Å². The van der Waals surface area contributed by atoms with E-state index in [4.69, 9.17) is 5.11 Å². The Balaban J connectivity index is 2.26. The van der Waals surface area contributed by atoms with Crippen molar-refractivity contribution in [3.05, 3.63) is 23.8 Å². The van der Waals surface area contributed by atoms with Crippen LogP contribution in [0.5, 0.6) is 0 Å². The fourth-order valence-electron chi connectivity index (χ4n) is 1.79. The Bertz CT molecular complexity index is 586. The van der Waals surface area contributed by atoms with E-state index < -0.39 is 5.97 Å². The van der Waals surface area contributed by atoms with E-state index in [2.05, 4.69) is 22.0 Å². The number of carboxylic acids is 1. The molecule has 6 nitrogen and oxygen atoms in total. The first-order chi connectivity index (χ1) is 7.60.